The lowest BCUT2D eigenvalue weighted by Gasteiger charge is -2.18. The third-order valence-electron chi connectivity index (χ3n) is 3.59. The van der Waals surface area contributed by atoms with Gasteiger partial charge in [0.05, 0.1) is 0 Å². The minimum absolute atomic E-state index is 0.643. The number of benzene rings is 1. The minimum Gasteiger partial charge on any atom is -0.486 e. The molecule has 1 heterocycles. The summed E-state index contributed by atoms with van der Waals surface area (Å²) in [4.78, 5) is 0. The van der Waals surface area contributed by atoms with Gasteiger partial charge >= 0.3 is 0 Å². The summed E-state index contributed by atoms with van der Waals surface area (Å²) >= 11 is 0. The zero-order valence-corrected chi connectivity index (χ0v) is 11.4. The molecule has 0 unspecified atom stereocenters. The van der Waals surface area contributed by atoms with E-state index in [2.05, 4.69) is 30.4 Å². The zero-order valence-electron chi connectivity index (χ0n) is 11.4. The van der Waals surface area contributed by atoms with Crippen LogP contribution in [0.1, 0.15) is 31.7 Å². The third-order valence-corrected chi connectivity index (χ3v) is 3.59. The van der Waals surface area contributed by atoms with Crippen molar-refractivity contribution in [2.45, 2.75) is 32.2 Å². The van der Waals surface area contributed by atoms with Crippen LogP contribution in [-0.4, -0.2) is 25.8 Å². The molecule has 2 aliphatic rings. The van der Waals surface area contributed by atoms with Crippen molar-refractivity contribution in [3.05, 3.63) is 29.3 Å². The van der Waals surface area contributed by atoms with Crippen molar-refractivity contribution in [1.82, 2.24) is 5.32 Å². The predicted octanol–water partition coefficient (Wildman–Crippen LogP) is 3.00. The zero-order chi connectivity index (χ0) is 13.1. The van der Waals surface area contributed by atoms with Crippen LogP contribution in [0.3, 0.4) is 0 Å². The molecule has 0 bridgehead atoms. The Labute approximate surface area is 114 Å². The Morgan fingerprint density at radius 1 is 1.26 bits per heavy atom. The van der Waals surface area contributed by atoms with E-state index < -0.39 is 0 Å². The predicted molar refractivity (Wildman–Crippen MR) is 76.7 cm³/mol. The molecule has 3 rings (SSSR count). The SMILES string of the molecule is CCC(=Cc1ccc2c(c1)OCCO2)CNC1CC1. The van der Waals surface area contributed by atoms with Crippen LogP contribution in [0.15, 0.2) is 23.8 Å². The van der Waals surface area contributed by atoms with Crippen molar-refractivity contribution in [2.24, 2.45) is 0 Å². The molecule has 1 aromatic carbocycles. The van der Waals surface area contributed by atoms with E-state index in [1.807, 2.05) is 6.07 Å². The van der Waals surface area contributed by atoms with Gasteiger partial charge in [-0.15, -0.1) is 0 Å². The smallest absolute Gasteiger partial charge is 0.161 e. The fraction of sp³-hybridized carbons (Fsp3) is 0.500. The van der Waals surface area contributed by atoms with E-state index in [9.17, 15) is 0 Å². The summed E-state index contributed by atoms with van der Waals surface area (Å²) in [6, 6.07) is 6.93. The largest absolute Gasteiger partial charge is 0.486 e. The molecule has 1 N–H and O–H groups in total. The highest BCUT2D eigenvalue weighted by molar-refractivity contribution is 5.58. The number of hydrogen-bond acceptors (Lipinski definition) is 3. The molecule has 0 amide bonds. The summed E-state index contributed by atoms with van der Waals surface area (Å²) in [7, 11) is 0. The van der Waals surface area contributed by atoms with E-state index in [1.54, 1.807) is 0 Å². The average Bonchev–Trinajstić information content (AvgIpc) is 3.27. The van der Waals surface area contributed by atoms with Gasteiger partial charge in [0.2, 0.25) is 0 Å². The molecule has 1 fully saturated rings. The normalized spacial score (nSPS) is 18.5. The monoisotopic (exact) mass is 259 g/mol. The van der Waals surface area contributed by atoms with Gasteiger partial charge in [0.1, 0.15) is 13.2 Å². The van der Waals surface area contributed by atoms with Crippen molar-refractivity contribution >= 4 is 6.08 Å². The number of fused-ring (bicyclic) bond motifs is 1. The topological polar surface area (TPSA) is 30.5 Å². The molecule has 0 saturated heterocycles. The lowest BCUT2D eigenvalue weighted by Crippen LogP contribution is -2.19. The van der Waals surface area contributed by atoms with Crippen LogP contribution < -0.4 is 14.8 Å². The molecular weight excluding hydrogens is 238 g/mol. The molecular formula is C16H21NO2. The molecule has 102 valence electrons. The molecule has 1 aliphatic carbocycles. The average molecular weight is 259 g/mol. The molecule has 0 spiro atoms. The van der Waals surface area contributed by atoms with Crippen LogP contribution >= 0.6 is 0 Å². The summed E-state index contributed by atoms with van der Waals surface area (Å²) in [5.41, 5.74) is 2.63. The molecule has 3 nitrogen and oxygen atoms in total. The number of nitrogens with one attached hydrogen (secondary N) is 1. The van der Waals surface area contributed by atoms with E-state index in [4.69, 9.17) is 9.47 Å². The Balaban J connectivity index is 1.72. The van der Waals surface area contributed by atoms with Crippen molar-refractivity contribution in [3.8, 4) is 11.5 Å². The van der Waals surface area contributed by atoms with E-state index in [-0.39, 0.29) is 0 Å². The van der Waals surface area contributed by atoms with E-state index in [0.29, 0.717) is 13.2 Å². The van der Waals surface area contributed by atoms with Crippen molar-refractivity contribution in [1.29, 1.82) is 0 Å². The van der Waals surface area contributed by atoms with Gasteiger partial charge in [-0.05, 0) is 37.0 Å². The Kier molecular flexibility index (Phi) is 3.74. The first-order valence-electron chi connectivity index (χ1n) is 7.17. The summed E-state index contributed by atoms with van der Waals surface area (Å²) in [5.74, 6) is 1.73. The fourth-order valence-corrected chi connectivity index (χ4v) is 2.23. The number of ether oxygens (including phenoxy) is 2. The quantitative estimate of drug-likeness (QED) is 0.881. The Hall–Kier alpha value is -1.48. The van der Waals surface area contributed by atoms with Crippen LogP contribution in [0.25, 0.3) is 6.08 Å². The lowest BCUT2D eigenvalue weighted by molar-refractivity contribution is 0.171. The van der Waals surface area contributed by atoms with Crippen molar-refractivity contribution in [3.63, 3.8) is 0 Å². The maximum absolute atomic E-state index is 5.62. The Morgan fingerprint density at radius 3 is 2.79 bits per heavy atom. The molecule has 0 radical (unpaired) electrons. The number of hydrogen-bond donors (Lipinski definition) is 1. The first kappa shape index (κ1) is 12.5. The summed E-state index contributed by atoms with van der Waals surface area (Å²) in [6.45, 7) is 4.49. The van der Waals surface area contributed by atoms with E-state index in [1.165, 1.54) is 24.0 Å². The standard InChI is InChI=1S/C16H21NO2/c1-2-12(11-17-14-4-5-14)9-13-3-6-15-16(10-13)19-8-7-18-15/h3,6,9-10,14,17H,2,4-5,7-8,11H2,1H3. The maximum Gasteiger partial charge on any atom is 0.161 e. The van der Waals surface area contributed by atoms with Crippen molar-refractivity contribution < 1.29 is 9.47 Å². The lowest BCUT2D eigenvalue weighted by atomic mass is 10.1. The van der Waals surface area contributed by atoms with Gasteiger partial charge < -0.3 is 14.8 Å². The number of rotatable bonds is 5. The van der Waals surface area contributed by atoms with Gasteiger partial charge in [0.15, 0.2) is 11.5 Å². The molecule has 0 atom stereocenters. The third kappa shape index (κ3) is 3.29. The molecule has 1 aliphatic heterocycles. The van der Waals surface area contributed by atoms with E-state index >= 15 is 0 Å². The van der Waals surface area contributed by atoms with Gasteiger partial charge in [-0.3, -0.25) is 0 Å². The highest BCUT2D eigenvalue weighted by Gasteiger charge is 2.20. The maximum atomic E-state index is 5.62. The molecule has 19 heavy (non-hydrogen) atoms. The second-order valence-electron chi connectivity index (χ2n) is 5.21. The Morgan fingerprint density at radius 2 is 2.05 bits per heavy atom. The van der Waals surface area contributed by atoms with Gasteiger partial charge in [0, 0.05) is 12.6 Å². The molecule has 1 aromatic rings. The molecule has 1 saturated carbocycles. The van der Waals surface area contributed by atoms with Gasteiger partial charge in [-0.1, -0.05) is 24.6 Å². The van der Waals surface area contributed by atoms with Crippen LogP contribution in [0.2, 0.25) is 0 Å². The summed E-state index contributed by atoms with van der Waals surface area (Å²) in [5, 5.41) is 3.57. The fourth-order valence-electron chi connectivity index (χ4n) is 2.23. The van der Waals surface area contributed by atoms with Crippen LogP contribution in [-0.2, 0) is 0 Å². The molecule has 3 heteroatoms. The van der Waals surface area contributed by atoms with E-state index in [0.717, 1.165) is 30.5 Å². The van der Waals surface area contributed by atoms with Crippen molar-refractivity contribution in [2.75, 3.05) is 19.8 Å². The van der Waals surface area contributed by atoms with Gasteiger partial charge in [-0.25, -0.2) is 0 Å². The van der Waals surface area contributed by atoms with Gasteiger partial charge in [0.25, 0.3) is 0 Å². The van der Waals surface area contributed by atoms with Gasteiger partial charge in [-0.2, -0.15) is 0 Å². The first-order valence-corrected chi connectivity index (χ1v) is 7.17. The summed E-state index contributed by atoms with van der Waals surface area (Å²) < 4.78 is 11.2. The second kappa shape index (κ2) is 5.66. The molecule has 0 aromatic heterocycles. The Bertz CT molecular complexity index is 478. The van der Waals surface area contributed by atoms with Crippen LogP contribution in [0, 0.1) is 0 Å². The second-order valence-corrected chi connectivity index (χ2v) is 5.21. The van der Waals surface area contributed by atoms with Crippen LogP contribution in [0.5, 0.6) is 11.5 Å². The minimum atomic E-state index is 0.643. The summed E-state index contributed by atoms with van der Waals surface area (Å²) in [6.07, 6.45) is 6.00. The highest BCUT2D eigenvalue weighted by Crippen LogP contribution is 2.31. The highest BCUT2D eigenvalue weighted by atomic mass is 16.6. The first-order chi connectivity index (χ1) is 9.35. The van der Waals surface area contributed by atoms with Crippen LogP contribution in [0.4, 0.5) is 0 Å².